The Bertz CT molecular complexity index is 354. The van der Waals surface area contributed by atoms with E-state index in [0.29, 0.717) is 11.3 Å². The molecule has 0 amide bonds. The van der Waals surface area contributed by atoms with Gasteiger partial charge in [-0.15, -0.1) is 12.4 Å². The van der Waals surface area contributed by atoms with Gasteiger partial charge in [0.05, 0.1) is 7.11 Å². The average molecular weight is 256 g/mol. The summed E-state index contributed by atoms with van der Waals surface area (Å²) in [6.07, 6.45) is -4.42. The van der Waals surface area contributed by atoms with E-state index >= 15 is 0 Å². The SMILES string of the molecule is COc1ccc([C@H](N)C(F)(F)F)cc1C.Cl. The quantitative estimate of drug-likeness (QED) is 0.882. The summed E-state index contributed by atoms with van der Waals surface area (Å²) in [7, 11) is 1.46. The monoisotopic (exact) mass is 255 g/mol. The van der Waals surface area contributed by atoms with Gasteiger partial charge in [0.25, 0.3) is 0 Å². The number of hydrogen-bond acceptors (Lipinski definition) is 2. The van der Waals surface area contributed by atoms with Gasteiger partial charge in [0.15, 0.2) is 0 Å². The normalized spacial score (nSPS) is 12.9. The van der Waals surface area contributed by atoms with Crippen LogP contribution in [0, 0.1) is 6.92 Å². The molecule has 1 rings (SSSR count). The Balaban J connectivity index is 0.00000225. The molecular weight excluding hydrogens is 243 g/mol. The first-order chi connectivity index (χ1) is 6.86. The Hall–Kier alpha value is -0.940. The van der Waals surface area contributed by atoms with Gasteiger partial charge in [-0.2, -0.15) is 13.2 Å². The van der Waals surface area contributed by atoms with Crippen molar-refractivity contribution in [3.63, 3.8) is 0 Å². The number of ether oxygens (including phenoxy) is 1. The Labute approximate surface area is 98.0 Å². The third-order valence-electron chi connectivity index (χ3n) is 2.13. The third kappa shape index (κ3) is 3.28. The molecule has 92 valence electrons. The molecule has 0 aromatic heterocycles. The van der Waals surface area contributed by atoms with Gasteiger partial charge in [0.1, 0.15) is 11.8 Å². The van der Waals surface area contributed by atoms with Crippen molar-refractivity contribution in [3.8, 4) is 5.75 Å². The second kappa shape index (κ2) is 5.41. The summed E-state index contributed by atoms with van der Waals surface area (Å²) in [5, 5.41) is 0. The molecule has 0 saturated carbocycles. The molecule has 16 heavy (non-hydrogen) atoms. The summed E-state index contributed by atoms with van der Waals surface area (Å²) in [6, 6.07) is 2.25. The van der Waals surface area contributed by atoms with Crippen LogP contribution in [-0.4, -0.2) is 13.3 Å². The molecule has 1 atom stereocenters. The Kier molecular flexibility index (Phi) is 5.09. The number of nitrogens with two attached hydrogens (primary N) is 1. The van der Waals surface area contributed by atoms with Gasteiger partial charge in [-0.3, -0.25) is 0 Å². The van der Waals surface area contributed by atoms with Crippen molar-refractivity contribution in [2.45, 2.75) is 19.1 Å². The molecule has 0 radical (unpaired) electrons. The zero-order valence-electron chi connectivity index (χ0n) is 8.84. The first-order valence-corrected chi connectivity index (χ1v) is 4.33. The first-order valence-electron chi connectivity index (χ1n) is 4.33. The number of halogens is 4. The minimum absolute atomic E-state index is 0. The number of alkyl halides is 3. The maximum Gasteiger partial charge on any atom is 0.407 e. The van der Waals surface area contributed by atoms with Gasteiger partial charge in [-0.25, -0.2) is 0 Å². The van der Waals surface area contributed by atoms with Gasteiger partial charge in [0.2, 0.25) is 0 Å². The zero-order chi connectivity index (χ0) is 11.6. The van der Waals surface area contributed by atoms with Crippen LogP contribution >= 0.6 is 12.4 Å². The predicted octanol–water partition coefficient (Wildman–Crippen LogP) is 2.99. The number of methoxy groups -OCH3 is 1. The van der Waals surface area contributed by atoms with Crippen molar-refractivity contribution >= 4 is 12.4 Å². The van der Waals surface area contributed by atoms with Crippen molar-refractivity contribution in [2.24, 2.45) is 5.73 Å². The highest BCUT2D eigenvalue weighted by Crippen LogP contribution is 2.32. The fourth-order valence-corrected chi connectivity index (χ4v) is 1.28. The van der Waals surface area contributed by atoms with Crippen LogP contribution in [0.2, 0.25) is 0 Å². The molecule has 0 heterocycles. The zero-order valence-corrected chi connectivity index (χ0v) is 9.65. The van der Waals surface area contributed by atoms with E-state index in [0.717, 1.165) is 0 Å². The molecule has 1 aromatic rings. The summed E-state index contributed by atoms with van der Waals surface area (Å²) in [5.41, 5.74) is 5.74. The molecule has 6 heteroatoms. The third-order valence-corrected chi connectivity index (χ3v) is 2.13. The number of benzene rings is 1. The molecule has 0 aliphatic carbocycles. The molecule has 2 nitrogen and oxygen atoms in total. The summed E-state index contributed by atoms with van der Waals surface area (Å²) in [5.74, 6) is 0.549. The lowest BCUT2D eigenvalue weighted by Gasteiger charge is -2.17. The molecular formula is C10H13ClF3NO. The van der Waals surface area contributed by atoms with Crippen LogP contribution in [0.5, 0.6) is 5.75 Å². The molecule has 1 aromatic carbocycles. The van der Waals surface area contributed by atoms with Gasteiger partial charge in [-0.1, -0.05) is 12.1 Å². The minimum Gasteiger partial charge on any atom is -0.496 e. The highest BCUT2D eigenvalue weighted by atomic mass is 35.5. The molecule has 0 bridgehead atoms. The highest BCUT2D eigenvalue weighted by molar-refractivity contribution is 5.85. The van der Waals surface area contributed by atoms with E-state index in [2.05, 4.69) is 0 Å². The second-order valence-electron chi connectivity index (χ2n) is 3.25. The summed E-state index contributed by atoms with van der Waals surface area (Å²) in [6.45, 7) is 1.67. The molecule has 0 aliphatic rings. The Morgan fingerprint density at radius 1 is 1.31 bits per heavy atom. The van der Waals surface area contributed by atoms with E-state index in [1.165, 1.54) is 25.3 Å². The maximum absolute atomic E-state index is 12.3. The van der Waals surface area contributed by atoms with E-state index in [1.54, 1.807) is 6.92 Å². The van der Waals surface area contributed by atoms with Crippen LogP contribution in [0.25, 0.3) is 0 Å². The lowest BCUT2D eigenvalue weighted by atomic mass is 10.0. The first kappa shape index (κ1) is 15.1. The van der Waals surface area contributed by atoms with Gasteiger partial charge in [0, 0.05) is 0 Å². The van der Waals surface area contributed by atoms with E-state index in [-0.39, 0.29) is 18.0 Å². The fraction of sp³-hybridized carbons (Fsp3) is 0.400. The molecule has 0 saturated heterocycles. The van der Waals surface area contributed by atoms with E-state index < -0.39 is 12.2 Å². The van der Waals surface area contributed by atoms with Crippen LogP contribution in [0.3, 0.4) is 0 Å². The summed E-state index contributed by atoms with van der Waals surface area (Å²) >= 11 is 0. The second-order valence-corrected chi connectivity index (χ2v) is 3.25. The molecule has 2 N–H and O–H groups in total. The topological polar surface area (TPSA) is 35.2 Å². The minimum atomic E-state index is -4.42. The van der Waals surface area contributed by atoms with Crippen LogP contribution in [0.1, 0.15) is 17.2 Å². The maximum atomic E-state index is 12.3. The standard InChI is InChI=1S/C10H12F3NO.ClH/c1-6-5-7(3-4-8(6)15-2)9(14)10(11,12)13;/h3-5,9H,14H2,1-2H3;1H/t9-;/m0./s1. The number of aryl methyl sites for hydroxylation is 1. The van der Waals surface area contributed by atoms with E-state index in [4.69, 9.17) is 10.5 Å². The lowest BCUT2D eigenvalue weighted by Crippen LogP contribution is -2.28. The van der Waals surface area contributed by atoms with Gasteiger partial charge in [-0.05, 0) is 24.1 Å². The van der Waals surface area contributed by atoms with Gasteiger partial charge < -0.3 is 10.5 Å². The molecule has 0 spiro atoms. The average Bonchev–Trinajstić information content (AvgIpc) is 2.15. The van der Waals surface area contributed by atoms with Crippen molar-refractivity contribution in [2.75, 3.05) is 7.11 Å². The van der Waals surface area contributed by atoms with Crippen LogP contribution in [-0.2, 0) is 0 Å². The van der Waals surface area contributed by atoms with Crippen LogP contribution in [0.4, 0.5) is 13.2 Å². The summed E-state index contributed by atoms with van der Waals surface area (Å²) in [4.78, 5) is 0. The molecule has 0 aliphatic heterocycles. The predicted molar refractivity (Wildman–Crippen MR) is 58.0 cm³/mol. The Morgan fingerprint density at radius 2 is 1.88 bits per heavy atom. The van der Waals surface area contributed by atoms with E-state index in [9.17, 15) is 13.2 Å². The Morgan fingerprint density at radius 3 is 2.25 bits per heavy atom. The number of rotatable bonds is 2. The lowest BCUT2D eigenvalue weighted by molar-refractivity contribution is -0.149. The highest BCUT2D eigenvalue weighted by Gasteiger charge is 2.37. The number of hydrogen-bond donors (Lipinski definition) is 1. The smallest absolute Gasteiger partial charge is 0.407 e. The fourth-order valence-electron chi connectivity index (χ4n) is 1.28. The largest absolute Gasteiger partial charge is 0.496 e. The van der Waals surface area contributed by atoms with Crippen molar-refractivity contribution in [3.05, 3.63) is 29.3 Å². The molecule has 0 unspecified atom stereocenters. The van der Waals surface area contributed by atoms with E-state index in [1.807, 2.05) is 0 Å². The van der Waals surface area contributed by atoms with Crippen LogP contribution < -0.4 is 10.5 Å². The van der Waals surface area contributed by atoms with Crippen molar-refractivity contribution in [1.29, 1.82) is 0 Å². The van der Waals surface area contributed by atoms with Gasteiger partial charge >= 0.3 is 6.18 Å². The summed E-state index contributed by atoms with van der Waals surface area (Å²) < 4.78 is 41.8. The van der Waals surface area contributed by atoms with Crippen molar-refractivity contribution < 1.29 is 17.9 Å². The molecule has 0 fully saturated rings. The van der Waals surface area contributed by atoms with Crippen LogP contribution in [0.15, 0.2) is 18.2 Å². The van der Waals surface area contributed by atoms with Crippen molar-refractivity contribution in [1.82, 2.24) is 0 Å².